The van der Waals surface area contributed by atoms with E-state index in [0.717, 1.165) is 0 Å². The fraction of sp³-hybridized carbons (Fsp3) is 0.750. The van der Waals surface area contributed by atoms with Crippen molar-refractivity contribution in [2.45, 2.75) is 6.92 Å². The average Bonchev–Trinajstić information content (AvgIpc) is 1.68. The summed E-state index contributed by atoms with van der Waals surface area (Å²) < 4.78 is 4.67. The molecule has 0 aliphatic heterocycles. The number of aliphatic hydroxyl groups excluding tert-OH is 1. The third-order valence-corrected chi connectivity index (χ3v) is 0.681. The standard InChI is InChI=1S/C4H8O2S/c1-2-6-4(7)3-5/h5H,2-3H2,1H3. The van der Waals surface area contributed by atoms with Gasteiger partial charge in [-0.05, 0) is 19.1 Å². The number of rotatable bonds is 2. The van der Waals surface area contributed by atoms with Gasteiger partial charge < -0.3 is 9.84 Å². The fourth-order valence-corrected chi connectivity index (χ4v) is 0.324. The summed E-state index contributed by atoms with van der Waals surface area (Å²) in [6.45, 7) is 2.21. The van der Waals surface area contributed by atoms with E-state index in [-0.39, 0.29) is 11.7 Å². The Hall–Kier alpha value is -0.150. The highest BCUT2D eigenvalue weighted by molar-refractivity contribution is 7.80. The van der Waals surface area contributed by atoms with Gasteiger partial charge in [0.15, 0.2) is 5.05 Å². The van der Waals surface area contributed by atoms with E-state index in [0.29, 0.717) is 6.61 Å². The van der Waals surface area contributed by atoms with Crippen LogP contribution in [-0.2, 0) is 4.74 Å². The first-order chi connectivity index (χ1) is 3.31. The van der Waals surface area contributed by atoms with Crippen LogP contribution in [0.4, 0.5) is 0 Å². The minimum Gasteiger partial charge on any atom is -0.485 e. The predicted molar refractivity (Wildman–Crippen MR) is 31.3 cm³/mol. The van der Waals surface area contributed by atoms with E-state index in [1.54, 1.807) is 0 Å². The zero-order valence-corrected chi connectivity index (χ0v) is 4.99. The molecule has 0 atom stereocenters. The van der Waals surface area contributed by atoms with E-state index in [4.69, 9.17) is 5.11 Å². The highest BCUT2D eigenvalue weighted by Gasteiger charge is 1.86. The van der Waals surface area contributed by atoms with Crippen molar-refractivity contribution < 1.29 is 9.84 Å². The summed E-state index contributed by atoms with van der Waals surface area (Å²) >= 11 is 4.48. The first kappa shape index (κ1) is 6.85. The normalized spacial score (nSPS) is 8.29. The van der Waals surface area contributed by atoms with Gasteiger partial charge in [0, 0.05) is 0 Å². The van der Waals surface area contributed by atoms with Crippen molar-refractivity contribution in [3.05, 3.63) is 0 Å². The molecule has 0 rings (SSSR count). The Bertz CT molecular complexity index is 62.7. The molecule has 0 bridgehead atoms. The molecule has 0 aliphatic carbocycles. The van der Waals surface area contributed by atoms with Crippen LogP contribution in [-0.4, -0.2) is 23.4 Å². The van der Waals surface area contributed by atoms with Crippen molar-refractivity contribution in [1.29, 1.82) is 0 Å². The summed E-state index contributed by atoms with van der Waals surface area (Å²) in [5.41, 5.74) is 0. The molecule has 0 unspecified atom stereocenters. The highest BCUT2D eigenvalue weighted by atomic mass is 32.1. The Labute approximate surface area is 48.1 Å². The number of thiocarbonyl (C=S) groups is 1. The molecule has 0 heterocycles. The molecule has 2 nitrogen and oxygen atoms in total. The van der Waals surface area contributed by atoms with Crippen LogP contribution in [0.2, 0.25) is 0 Å². The SMILES string of the molecule is CCOC(=S)CO. The second kappa shape index (κ2) is 4.02. The lowest BCUT2D eigenvalue weighted by Gasteiger charge is -1.97. The second-order valence-corrected chi connectivity index (χ2v) is 1.42. The van der Waals surface area contributed by atoms with E-state index in [1.807, 2.05) is 6.92 Å². The zero-order chi connectivity index (χ0) is 5.70. The quantitative estimate of drug-likeness (QED) is 0.533. The van der Waals surface area contributed by atoms with Gasteiger partial charge in [-0.25, -0.2) is 0 Å². The summed E-state index contributed by atoms with van der Waals surface area (Å²) in [4.78, 5) is 0. The zero-order valence-electron chi connectivity index (χ0n) is 4.18. The lowest BCUT2D eigenvalue weighted by atomic mass is 10.7. The number of hydrogen-bond donors (Lipinski definition) is 1. The van der Waals surface area contributed by atoms with E-state index in [2.05, 4.69) is 17.0 Å². The smallest absolute Gasteiger partial charge is 0.185 e. The van der Waals surface area contributed by atoms with Crippen molar-refractivity contribution in [2.75, 3.05) is 13.2 Å². The molecular weight excluding hydrogens is 112 g/mol. The molecule has 3 heteroatoms. The maximum absolute atomic E-state index is 8.20. The van der Waals surface area contributed by atoms with Crippen molar-refractivity contribution in [3.63, 3.8) is 0 Å². The molecule has 0 aromatic carbocycles. The van der Waals surface area contributed by atoms with E-state index in [9.17, 15) is 0 Å². The minimum absolute atomic E-state index is 0.150. The average molecular weight is 120 g/mol. The molecule has 0 fully saturated rings. The van der Waals surface area contributed by atoms with Crippen LogP contribution < -0.4 is 0 Å². The van der Waals surface area contributed by atoms with Gasteiger partial charge >= 0.3 is 0 Å². The Morgan fingerprint density at radius 1 is 1.86 bits per heavy atom. The maximum Gasteiger partial charge on any atom is 0.185 e. The van der Waals surface area contributed by atoms with Crippen LogP contribution >= 0.6 is 12.2 Å². The Morgan fingerprint density at radius 3 is 2.57 bits per heavy atom. The Morgan fingerprint density at radius 2 is 2.43 bits per heavy atom. The molecule has 0 spiro atoms. The van der Waals surface area contributed by atoms with Gasteiger partial charge in [-0.1, -0.05) is 0 Å². The Kier molecular flexibility index (Phi) is 3.93. The summed E-state index contributed by atoms with van der Waals surface area (Å²) in [6.07, 6.45) is 0. The van der Waals surface area contributed by atoms with E-state index < -0.39 is 0 Å². The van der Waals surface area contributed by atoms with Gasteiger partial charge in [0.25, 0.3) is 0 Å². The second-order valence-electron chi connectivity index (χ2n) is 0.963. The molecule has 0 aromatic rings. The van der Waals surface area contributed by atoms with Gasteiger partial charge in [-0.15, -0.1) is 0 Å². The maximum atomic E-state index is 8.20. The third-order valence-electron chi connectivity index (χ3n) is 0.434. The first-order valence-electron chi connectivity index (χ1n) is 2.07. The Balaban J connectivity index is 3.00. The van der Waals surface area contributed by atoms with Gasteiger partial charge in [0.1, 0.15) is 6.61 Å². The molecule has 0 aliphatic rings. The molecule has 0 amide bonds. The first-order valence-corrected chi connectivity index (χ1v) is 2.48. The largest absolute Gasteiger partial charge is 0.485 e. The van der Waals surface area contributed by atoms with E-state index >= 15 is 0 Å². The third kappa shape index (κ3) is 3.69. The number of aliphatic hydroxyl groups is 1. The predicted octanol–water partition coefficient (Wildman–Crippen LogP) is 0.343. The summed E-state index contributed by atoms with van der Waals surface area (Å²) in [7, 11) is 0. The minimum atomic E-state index is -0.150. The van der Waals surface area contributed by atoms with Gasteiger partial charge in [0.05, 0.1) is 6.61 Å². The number of hydrogen-bond acceptors (Lipinski definition) is 3. The van der Waals surface area contributed by atoms with Crippen molar-refractivity contribution >= 4 is 17.3 Å². The molecule has 0 aromatic heterocycles. The van der Waals surface area contributed by atoms with Gasteiger partial charge in [-0.2, -0.15) is 0 Å². The van der Waals surface area contributed by atoms with E-state index in [1.165, 1.54) is 0 Å². The molecule has 42 valence electrons. The van der Waals surface area contributed by atoms with Crippen LogP contribution in [0.1, 0.15) is 6.92 Å². The summed E-state index contributed by atoms with van der Waals surface area (Å²) in [5, 5.41) is 8.47. The van der Waals surface area contributed by atoms with Crippen LogP contribution in [0, 0.1) is 0 Å². The molecule has 7 heavy (non-hydrogen) atoms. The lowest BCUT2D eigenvalue weighted by Crippen LogP contribution is -2.04. The van der Waals surface area contributed by atoms with Gasteiger partial charge in [-0.3, -0.25) is 0 Å². The van der Waals surface area contributed by atoms with Crippen molar-refractivity contribution in [2.24, 2.45) is 0 Å². The van der Waals surface area contributed by atoms with Crippen molar-refractivity contribution in [3.8, 4) is 0 Å². The molecule has 0 saturated heterocycles. The lowest BCUT2D eigenvalue weighted by molar-refractivity contribution is 0.275. The van der Waals surface area contributed by atoms with Crippen LogP contribution in [0.5, 0.6) is 0 Å². The van der Waals surface area contributed by atoms with Gasteiger partial charge in [0.2, 0.25) is 0 Å². The molecule has 0 saturated carbocycles. The van der Waals surface area contributed by atoms with Crippen LogP contribution in [0.15, 0.2) is 0 Å². The van der Waals surface area contributed by atoms with Crippen LogP contribution in [0.3, 0.4) is 0 Å². The molecular formula is C4H8O2S. The highest BCUT2D eigenvalue weighted by Crippen LogP contribution is 1.77. The van der Waals surface area contributed by atoms with Crippen LogP contribution in [0.25, 0.3) is 0 Å². The number of ether oxygens (including phenoxy) is 1. The molecule has 0 radical (unpaired) electrons. The topological polar surface area (TPSA) is 29.5 Å². The monoisotopic (exact) mass is 120 g/mol. The fourth-order valence-electron chi connectivity index (χ4n) is 0.207. The molecule has 1 N–H and O–H groups in total. The van der Waals surface area contributed by atoms with Crippen molar-refractivity contribution in [1.82, 2.24) is 0 Å². The summed E-state index contributed by atoms with van der Waals surface area (Å²) in [5.74, 6) is 0. The summed E-state index contributed by atoms with van der Waals surface area (Å²) in [6, 6.07) is 0.